The summed E-state index contributed by atoms with van der Waals surface area (Å²) in [4.78, 5) is 41.1. The second-order valence-electron chi connectivity index (χ2n) is 8.26. The first-order valence-electron chi connectivity index (χ1n) is 11.2. The Labute approximate surface area is 215 Å². The van der Waals surface area contributed by atoms with Gasteiger partial charge in [0.25, 0.3) is 5.56 Å². The van der Waals surface area contributed by atoms with E-state index in [2.05, 4.69) is 10.3 Å². The van der Waals surface area contributed by atoms with Crippen LogP contribution in [0.15, 0.2) is 82.4 Å². The van der Waals surface area contributed by atoms with Gasteiger partial charge in [-0.1, -0.05) is 36.7 Å². The highest BCUT2D eigenvalue weighted by Gasteiger charge is 2.18. The van der Waals surface area contributed by atoms with Crippen molar-refractivity contribution in [2.24, 2.45) is 5.92 Å². The van der Waals surface area contributed by atoms with Crippen LogP contribution in [-0.4, -0.2) is 25.2 Å². The number of aromatic nitrogens is 3. The molecule has 0 radical (unpaired) electrons. The quantitative estimate of drug-likeness (QED) is 0.310. The van der Waals surface area contributed by atoms with E-state index in [-0.39, 0.29) is 24.8 Å². The van der Waals surface area contributed by atoms with Crippen molar-refractivity contribution in [2.45, 2.75) is 20.0 Å². The zero-order valence-corrected chi connectivity index (χ0v) is 20.4. The van der Waals surface area contributed by atoms with Crippen LogP contribution in [0.25, 0.3) is 0 Å². The van der Waals surface area contributed by atoms with Crippen molar-refractivity contribution in [2.75, 3.05) is 5.32 Å². The standard InChI is InChI=1S/C26H22ClFN4O5/c1-16(25(34)35)14-32-24(33)13-22(31(26(32)36)15-17-5-7-18(27)8-6-17)29-19-9-11-20(12-10-19)37-23-4-2-3-21(28)30-23/h2-13,16,29H,14-15H2,1H3,(H,34,35)/t16-/m0/s1. The number of ether oxygens (including phenoxy) is 1. The number of benzene rings is 2. The van der Waals surface area contributed by atoms with Gasteiger partial charge in [-0.15, -0.1) is 0 Å². The molecule has 0 unspecified atom stereocenters. The Morgan fingerprint density at radius 2 is 1.78 bits per heavy atom. The smallest absolute Gasteiger partial charge is 0.332 e. The highest BCUT2D eigenvalue weighted by Crippen LogP contribution is 2.23. The van der Waals surface area contributed by atoms with Crippen LogP contribution in [0.5, 0.6) is 11.6 Å². The third kappa shape index (κ3) is 6.42. The molecule has 0 aliphatic heterocycles. The average molecular weight is 525 g/mol. The second kappa shape index (κ2) is 11.1. The van der Waals surface area contributed by atoms with Crippen molar-refractivity contribution in [3.8, 4) is 11.6 Å². The molecule has 2 aromatic heterocycles. The van der Waals surface area contributed by atoms with E-state index in [1.165, 1.54) is 35.8 Å². The van der Waals surface area contributed by atoms with Crippen LogP contribution in [0.1, 0.15) is 12.5 Å². The molecule has 190 valence electrons. The molecule has 2 N–H and O–H groups in total. The molecule has 0 saturated heterocycles. The lowest BCUT2D eigenvalue weighted by molar-refractivity contribution is -0.141. The summed E-state index contributed by atoms with van der Waals surface area (Å²) in [7, 11) is 0. The minimum atomic E-state index is -1.12. The number of aliphatic carboxylic acids is 1. The zero-order valence-electron chi connectivity index (χ0n) is 19.6. The lowest BCUT2D eigenvalue weighted by Crippen LogP contribution is -2.42. The molecule has 1 atom stereocenters. The second-order valence-corrected chi connectivity index (χ2v) is 8.70. The third-order valence-electron chi connectivity index (χ3n) is 5.45. The molecule has 0 spiro atoms. The van der Waals surface area contributed by atoms with Crippen molar-refractivity contribution < 1.29 is 19.0 Å². The molecule has 2 aromatic carbocycles. The van der Waals surface area contributed by atoms with E-state index in [9.17, 15) is 23.9 Å². The van der Waals surface area contributed by atoms with Crippen LogP contribution in [-0.2, 0) is 17.9 Å². The number of nitrogens with one attached hydrogen (secondary N) is 1. The SMILES string of the molecule is C[C@@H](Cn1c(=O)cc(Nc2ccc(Oc3cccc(F)n3)cc2)n(Cc2ccc(Cl)cc2)c1=O)C(=O)O. The Bertz CT molecular complexity index is 1530. The Morgan fingerprint density at radius 3 is 2.43 bits per heavy atom. The third-order valence-corrected chi connectivity index (χ3v) is 5.70. The average Bonchev–Trinajstić information content (AvgIpc) is 2.86. The predicted octanol–water partition coefficient (Wildman–Crippen LogP) is 4.50. The van der Waals surface area contributed by atoms with Crippen molar-refractivity contribution in [1.29, 1.82) is 0 Å². The molecular formula is C26H22ClFN4O5. The van der Waals surface area contributed by atoms with Crippen LogP contribution < -0.4 is 21.3 Å². The number of pyridine rings is 1. The van der Waals surface area contributed by atoms with Crippen molar-refractivity contribution in [3.05, 3.63) is 110 Å². The van der Waals surface area contributed by atoms with Gasteiger partial charge in [0.1, 0.15) is 11.6 Å². The summed E-state index contributed by atoms with van der Waals surface area (Å²) in [6.45, 7) is 1.26. The number of hydrogen-bond acceptors (Lipinski definition) is 6. The topological polar surface area (TPSA) is 115 Å². The number of nitrogens with zero attached hydrogens (tertiary/aromatic N) is 3. The molecule has 0 amide bonds. The molecule has 9 nitrogen and oxygen atoms in total. The number of anilines is 2. The van der Waals surface area contributed by atoms with Gasteiger partial charge in [0.2, 0.25) is 11.8 Å². The van der Waals surface area contributed by atoms with Gasteiger partial charge in [0, 0.05) is 29.4 Å². The fourth-order valence-electron chi connectivity index (χ4n) is 3.49. The molecule has 0 bridgehead atoms. The van der Waals surface area contributed by atoms with Crippen molar-refractivity contribution >= 4 is 29.1 Å². The van der Waals surface area contributed by atoms with Gasteiger partial charge in [-0.05, 0) is 48.0 Å². The maximum absolute atomic E-state index is 13.3. The summed E-state index contributed by atoms with van der Waals surface area (Å²) in [5.41, 5.74) is -0.00231. The predicted molar refractivity (Wildman–Crippen MR) is 136 cm³/mol. The van der Waals surface area contributed by atoms with Crippen molar-refractivity contribution in [1.82, 2.24) is 14.1 Å². The fourth-order valence-corrected chi connectivity index (χ4v) is 3.61. The van der Waals surface area contributed by atoms with Crippen LogP contribution in [0.2, 0.25) is 5.02 Å². The van der Waals surface area contributed by atoms with Gasteiger partial charge < -0.3 is 15.2 Å². The van der Waals surface area contributed by atoms with E-state index in [4.69, 9.17) is 16.3 Å². The lowest BCUT2D eigenvalue weighted by atomic mass is 10.2. The van der Waals surface area contributed by atoms with Gasteiger partial charge in [-0.2, -0.15) is 9.37 Å². The van der Waals surface area contributed by atoms with E-state index in [0.717, 1.165) is 10.1 Å². The first-order chi connectivity index (χ1) is 17.7. The van der Waals surface area contributed by atoms with E-state index >= 15 is 0 Å². The summed E-state index contributed by atoms with van der Waals surface area (Å²) < 4.78 is 21.1. The fraction of sp³-hybridized carbons (Fsp3) is 0.154. The maximum atomic E-state index is 13.3. The maximum Gasteiger partial charge on any atom is 0.332 e. The van der Waals surface area contributed by atoms with Crippen molar-refractivity contribution in [3.63, 3.8) is 0 Å². The van der Waals surface area contributed by atoms with E-state index < -0.39 is 29.1 Å². The van der Waals surface area contributed by atoms with Crippen LogP contribution in [0.4, 0.5) is 15.9 Å². The molecule has 0 aliphatic carbocycles. The molecule has 4 rings (SSSR count). The molecular weight excluding hydrogens is 503 g/mol. The number of carboxylic acids is 1. The number of rotatable bonds is 9. The largest absolute Gasteiger partial charge is 0.481 e. The zero-order chi connectivity index (χ0) is 26.5. The minimum Gasteiger partial charge on any atom is -0.481 e. The Hall–Kier alpha value is -4.44. The van der Waals surface area contributed by atoms with Gasteiger partial charge in [-0.3, -0.25) is 18.7 Å². The molecule has 2 heterocycles. The first kappa shape index (κ1) is 25.6. The Morgan fingerprint density at radius 1 is 1.08 bits per heavy atom. The van der Waals surface area contributed by atoms with Gasteiger partial charge in [0.15, 0.2) is 0 Å². The monoisotopic (exact) mass is 524 g/mol. The summed E-state index contributed by atoms with van der Waals surface area (Å²) in [6.07, 6.45) is 0. The summed E-state index contributed by atoms with van der Waals surface area (Å²) >= 11 is 5.97. The molecule has 0 aliphatic rings. The molecule has 0 fully saturated rings. The molecule has 4 aromatic rings. The van der Waals surface area contributed by atoms with Crippen LogP contribution in [0, 0.1) is 11.9 Å². The molecule has 37 heavy (non-hydrogen) atoms. The van der Waals surface area contributed by atoms with E-state index in [0.29, 0.717) is 16.5 Å². The summed E-state index contributed by atoms with van der Waals surface area (Å²) in [5.74, 6) is -2.01. The summed E-state index contributed by atoms with van der Waals surface area (Å²) in [6, 6.07) is 18.9. The Kier molecular flexibility index (Phi) is 7.69. The number of carbonyl (C=O) groups is 1. The molecule has 0 saturated carbocycles. The summed E-state index contributed by atoms with van der Waals surface area (Å²) in [5, 5.41) is 12.9. The van der Waals surface area contributed by atoms with Gasteiger partial charge in [0.05, 0.1) is 12.5 Å². The van der Waals surface area contributed by atoms with Gasteiger partial charge >= 0.3 is 11.7 Å². The van der Waals surface area contributed by atoms with E-state index in [1.807, 2.05) is 0 Å². The van der Waals surface area contributed by atoms with Gasteiger partial charge in [-0.25, -0.2) is 4.79 Å². The first-order valence-corrected chi connectivity index (χ1v) is 11.6. The number of hydrogen-bond donors (Lipinski definition) is 2. The molecule has 11 heteroatoms. The van der Waals surface area contributed by atoms with Crippen LogP contribution in [0.3, 0.4) is 0 Å². The minimum absolute atomic E-state index is 0.0942. The highest BCUT2D eigenvalue weighted by molar-refractivity contribution is 6.30. The number of carboxylic acid groups (broad SMARTS) is 1. The van der Waals surface area contributed by atoms with Crippen LogP contribution >= 0.6 is 11.6 Å². The lowest BCUT2D eigenvalue weighted by Gasteiger charge is -2.18. The number of halogens is 2. The normalized spacial score (nSPS) is 11.6. The highest BCUT2D eigenvalue weighted by atomic mass is 35.5. The Balaban J connectivity index is 1.65. The van der Waals surface area contributed by atoms with E-state index in [1.54, 1.807) is 48.5 Å².